The molecule has 1 rings (SSSR count). The maximum atomic E-state index is 8.87. The second-order valence-electron chi connectivity index (χ2n) is 3.99. The van der Waals surface area contributed by atoms with Gasteiger partial charge in [-0.05, 0) is 30.8 Å². The molecule has 0 aliphatic rings. The Morgan fingerprint density at radius 1 is 1.16 bits per heavy atom. The first-order valence-corrected chi connectivity index (χ1v) is 6.46. The van der Waals surface area contributed by atoms with Gasteiger partial charge < -0.3 is 14.9 Å². The predicted octanol–water partition coefficient (Wildman–Crippen LogP) is 0.723. The van der Waals surface area contributed by atoms with Crippen LogP contribution in [0.1, 0.15) is 12.5 Å². The summed E-state index contributed by atoms with van der Waals surface area (Å²) < 4.78 is 5.62. The van der Waals surface area contributed by atoms with E-state index in [0.717, 1.165) is 24.4 Å². The van der Waals surface area contributed by atoms with E-state index in [1.54, 1.807) is 0 Å². The first-order valence-electron chi connectivity index (χ1n) is 6.46. The molecule has 4 nitrogen and oxygen atoms in total. The number of hydrogen-bond donors (Lipinski definition) is 2. The summed E-state index contributed by atoms with van der Waals surface area (Å²) in [5, 5.41) is 17.5. The molecule has 104 valence electrons. The Balaban J connectivity index is 2.37. The number of ether oxygens (including phenoxy) is 1. The summed E-state index contributed by atoms with van der Waals surface area (Å²) in [5.41, 5.74) is 0.858. The van der Waals surface area contributed by atoms with Gasteiger partial charge in [0.05, 0.1) is 6.61 Å². The van der Waals surface area contributed by atoms with Crippen LogP contribution >= 0.6 is 0 Å². The molecule has 4 heteroatoms. The van der Waals surface area contributed by atoms with Crippen molar-refractivity contribution in [1.82, 2.24) is 4.90 Å². The lowest BCUT2D eigenvalue weighted by Gasteiger charge is -2.19. The van der Waals surface area contributed by atoms with Crippen LogP contribution in [0.15, 0.2) is 24.3 Å². The van der Waals surface area contributed by atoms with E-state index in [4.69, 9.17) is 14.9 Å². The third-order valence-corrected chi connectivity index (χ3v) is 2.71. The van der Waals surface area contributed by atoms with E-state index in [2.05, 4.69) is 23.7 Å². The van der Waals surface area contributed by atoms with Crippen LogP contribution in [-0.2, 0) is 0 Å². The van der Waals surface area contributed by atoms with Gasteiger partial charge in [-0.2, -0.15) is 0 Å². The molecule has 2 N–H and O–H groups in total. The molecule has 0 fully saturated rings. The number of rotatable bonds is 7. The fourth-order valence-corrected chi connectivity index (χ4v) is 1.64. The van der Waals surface area contributed by atoms with E-state index in [0.29, 0.717) is 13.2 Å². The van der Waals surface area contributed by atoms with Gasteiger partial charge in [0.15, 0.2) is 0 Å². The highest BCUT2D eigenvalue weighted by atomic mass is 16.5. The SMILES string of the molecule is CCN(CCO)CCOc1ccc(C#CCO)cc1. The Kier molecular flexibility index (Phi) is 7.68. The third kappa shape index (κ3) is 6.25. The fraction of sp³-hybridized carbons (Fsp3) is 0.467. The van der Waals surface area contributed by atoms with Gasteiger partial charge >= 0.3 is 0 Å². The molecule has 0 saturated heterocycles. The van der Waals surface area contributed by atoms with Crippen molar-refractivity contribution >= 4 is 0 Å². The molecule has 0 atom stereocenters. The van der Waals surface area contributed by atoms with E-state index in [9.17, 15) is 0 Å². The Morgan fingerprint density at radius 3 is 2.47 bits per heavy atom. The van der Waals surface area contributed by atoms with E-state index in [-0.39, 0.29) is 13.2 Å². The molecule has 1 aromatic carbocycles. The van der Waals surface area contributed by atoms with Crippen molar-refractivity contribution in [2.24, 2.45) is 0 Å². The van der Waals surface area contributed by atoms with E-state index in [1.807, 2.05) is 24.3 Å². The van der Waals surface area contributed by atoms with E-state index < -0.39 is 0 Å². The molecular weight excluding hydrogens is 242 g/mol. The number of aliphatic hydroxyl groups is 2. The minimum absolute atomic E-state index is 0.129. The van der Waals surface area contributed by atoms with Gasteiger partial charge in [-0.25, -0.2) is 0 Å². The Morgan fingerprint density at radius 2 is 1.89 bits per heavy atom. The maximum absolute atomic E-state index is 8.87. The summed E-state index contributed by atoms with van der Waals surface area (Å²) in [6, 6.07) is 7.46. The number of nitrogens with zero attached hydrogens (tertiary/aromatic N) is 1. The van der Waals surface area contributed by atoms with Crippen molar-refractivity contribution in [2.45, 2.75) is 6.92 Å². The average Bonchev–Trinajstić information content (AvgIpc) is 2.45. The molecular formula is C15H21NO3. The lowest BCUT2D eigenvalue weighted by atomic mass is 10.2. The number of benzene rings is 1. The Bertz CT molecular complexity index is 406. The third-order valence-electron chi connectivity index (χ3n) is 2.71. The zero-order chi connectivity index (χ0) is 13.9. The van der Waals surface area contributed by atoms with E-state index >= 15 is 0 Å². The van der Waals surface area contributed by atoms with Gasteiger partial charge in [-0.3, -0.25) is 4.90 Å². The average molecular weight is 263 g/mol. The summed E-state index contributed by atoms with van der Waals surface area (Å²) in [6.45, 7) is 5.07. The minimum atomic E-state index is -0.129. The van der Waals surface area contributed by atoms with Crippen molar-refractivity contribution in [1.29, 1.82) is 0 Å². The Hall–Kier alpha value is -1.54. The van der Waals surface area contributed by atoms with Crippen LogP contribution < -0.4 is 4.74 Å². The lowest BCUT2D eigenvalue weighted by molar-refractivity contribution is 0.174. The van der Waals surface area contributed by atoms with Gasteiger partial charge in [0.1, 0.15) is 19.0 Å². The van der Waals surface area contributed by atoms with Gasteiger partial charge in [0, 0.05) is 18.7 Å². The monoisotopic (exact) mass is 263 g/mol. The zero-order valence-electron chi connectivity index (χ0n) is 11.3. The van der Waals surface area contributed by atoms with Crippen molar-refractivity contribution < 1.29 is 14.9 Å². The van der Waals surface area contributed by atoms with Crippen LogP contribution in [0.2, 0.25) is 0 Å². The Labute approximate surface area is 114 Å². The molecule has 0 bridgehead atoms. The summed E-state index contributed by atoms with van der Waals surface area (Å²) in [6.07, 6.45) is 0. The van der Waals surface area contributed by atoms with Crippen LogP contribution in [0.5, 0.6) is 5.75 Å². The molecule has 0 aromatic heterocycles. The molecule has 19 heavy (non-hydrogen) atoms. The largest absolute Gasteiger partial charge is 0.492 e. The molecule has 1 aromatic rings. The van der Waals surface area contributed by atoms with Gasteiger partial charge in [0.25, 0.3) is 0 Å². The molecule has 0 aliphatic carbocycles. The fourth-order valence-electron chi connectivity index (χ4n) is 1.64. The highest BCUT2D eigenvalue weighted by molar-refractivity contribution is 5.38. The lowest BCUT2D eigenvalue weighted by Crippen LogP contribution is -2.30. The number of aliphatic hydroxyl groups excluding tert-OH is 2. The van der Waals surface area contributed by atoms with Crippen LogP contribution in [0.4, 0.5) is 0 Å². The van der Waals surface area contributed by atoms with Crippen LogP contribution in [0, 0.1) is 11.8 Å². The van der Waals surface area contributed by atoms with Crippen molar-refractivity contribution in [3.05, 3.63) is 29.8 Å². The van der Waals surface area contributed by atoms with Crippen LogP contribution in [0.25, 0.3) is 0 Å². The van der Waals surface area contributed by atoms with Crippen LogP contribution in [0.3, 0.4) is 0 Å². The first-order chi connectivity index (χ1) is 9.30. The maximum Gasteiger partial charge on any atom is 0.119 e. The van der Waals surface area contributed by atoms with Crippen molar-refractivity contribution in [3.8, 4) is 17.6 Å². The second kappa shape index (κ2) is 9.40. The topological polar surface area (TPSA) is 52.9 Å². The molecule has 0 spiro atoms. The van der Waals surface area contributed by atoms with Crippen LogP contribution in [-0.4, -0.2) is 54.6 Å². The van der Waals surface area contributed by atoms with E-state index in [1.165, 1.54) is 0 Å². The number of likely N-dealkylation sites (N-methyl/N-ethyl adjacent to an activating group) is 1. The molecule has 0 amide bonds. The smallest absolute Gasteiger partial charge is 0.119 e. The first kappa shape index (κ1) is 15.5. The normalized spacial score (nSPS) is 10.1. The molecule has 0 heterocycles. The summed E-state index contributed by atoms with van der Waals surface area (Å²) in [5.74, 6) is 6.23. The summed E-state index contributed by atoms with van der Waals surface area (Å²) in [7, 11) is 0. The molecule has 0 saturated carbocycles. The molecule has 0 aliphatic heterocycles. The van der Waals surface area contributed by atoms with Crippen molar-refractivity contribution in [2.75, 3.05) is 39.5 Å². The highest BCUT2D eigenvalue weighted by Crippen LogP contribution is 2.11. The highest BCUT2D eigenvalue weighted by Gasteiger charge is 2.01. The standard InChI is InChI=1S/C15H21NO3/c1-2-16(9-12-18)10-13-19-15-7-5-14(6-8-15)4-3-11-17/h5-8,17-18H,2,9-13H2,1H3. The molecule has 0 radical (unpaired) electrons. The van der Waals surface area contributed by atoms with Gasteiger partial charge in [0.2, 0.25) is 0 Å². The summed E-state index contributed by atoms with van der Waals surface area (Å²) in [4.78, 5) is 2.13. The van der Waals surface area contributed by atoms with Gasteiger partial charge in [-0.15, -0.1) is 0 Å². The zero-order valence-corrected chi connectivity index (χ0v) is 11.3. The van der Waals surface area contributed by atoms with Gasteiger partial charge in [-0.1, -0.05) is 18.8 Å². The minimum Gasteiger partial charge on any atom is -0.492 e. The second-order valence-corrected chi connectivity index (χ2v) is 3.99. The summed E-state index contributed by atoms with van der Waals surface area (Å²) >= 11 is 0. The quantitative estimate of drug-likeness (QED) is 0.712. The molecule has 0 unspecified atom stereocenters. The predicted molar refractivity (Wildman–Crippen MR) is 75.1 cm³/mol. The number of hydrogen-bond acceptors (Lipinski definition) is 4. The van der Waals surface area contributed by atoms with Crippen molar-refractivity contribution in [3.63, 3.8) is 0 Å².